The predicted molar refractivity (Wildman–Crippen MR) is 103 cm³/mol. The summed E-state index contributed by atoms with van der Waals surface area (Å²) in [6.07, 6.45) is 2.40. The van der Waals surface area contributed by atoms with Crippen LogP contribution in [-0.2, 0) is 0 Å². The zero-order valence-corrected chi connectivity index (χ0v) is 15.8. The summed E-state index contributed by atoms with van der Waals surface area (Å²) in [5, 5.41) is 9.82. The van der Waals surface area contributed by atoms with Crippen LogP contribution in [0, 0.1) is 17.1 Å². The summed E-state index contributed by atoms with van der Waals surface area (Å²) in [6.45, 7) is 6.28. The first-order valence-corrected chi connectivity index (χ1v) is 8.87. The van der Waals surface area contributed by atoms with E-state index in [2.05, 4.69) is 0 Å². The first kappa shape index (κ1) is 19.8. The fourth-order valence-corrected chi connectivity index (χ4v) is 2.61. The molecule has 0 aliphatic carbocycles. The summed E-state index contributed by atoms with van der Waals surface area (Å²) < 4.78 is 25.5. The van der Waals surface area contributed by atoms with Gasteiger partial charge in [0.1, 0.15) is 5.82 Å². The lowest BCUT2D eigenvalue weighted by atomic mass is 10.0. The van der Waals surface area contributed by atoms with E-state index in [1.54, 1.807) is 36.4 Å². The number of benzene rings is 2. The monoisotopic (exact) mass is 373 g/mol. The Balaban J connectivity index is 2.49. The fraction of sp³-hybridized carbons (Fsp3) is 0.286. The molecule has 0 aromatic heterocycles. The van der Waals surface area contributed by atoms with Crippen LogP contribution in [-0.4, -0.2) is 12.7 Å². The summed E-state index contributed by atoms with van der Waals surface area (Å²) >= 11 is 6.38. The van der Waals surface area contributed by atoms with Crippen molar-refractivity contribution in [2.24, 2.45) is 0 Å². The summed E-state index contributed by atoms with van der Waals surface area (Å²) in [6, 6.07) is 11.6. The van der Waals surface area contributed by atoms with Crippen LogP contribution >= 0.6 is 11.6 Å². The average molecular weight is 374 g/mol. The number of ether oxygens (including phenoxy) is 2. The molecule has 0 fully saturated rings. The highest BCUT2D eigenvalue weighted by Crippen LogP contribution is 2.38. The lowest BCUT2D eigenvalue weighted by Gasteiger charge is -2.18. The number of nitrogens with zero attached hydrogens (tertiary/aromatic N) is 1. The van der Waals surface area contributed by atoms with E-state index in [9.17, 15) is 9.65 Å². The molecule has 0 bridgehead atoms. The number of hydrogen-bond acceptors (Lipinski definition) is 3. The van der Waals surface area contributed by atoms with Crippen LogP contribution in [0.5, 0.6) is 11.5 Å². The summed E-state index contributed by atoms with van der Waals surface area (Å²) in [4.78, 5) is 0. The third-order valence-corrected chi connectivity index (χ3v) is 4.10. The van der Waals surface area contributed by atoms with Gasteiger partial charge in [-0.3, -0.25) is 0 Å². The zero-order chi connectivity index (χ0) is 19.1. The number of nitriles is 1. The lowest BCUT2D eigenvalue weighted by Crippen LogP contribution is -2.11. The van der Waals surface area contributed by atoms with Gasteiger partial charge in [0.2, 0.25) is 0 Å². The van der Waals surface area contributed by atoms with Crippen LogP contribution in [0.1, 0.15) is 38.3 Å². The van der Waals surface area contributed by atoms with Gasteiger partial charge in [0.05, 0.1) is 29.4 Å². The molecule has 2 rings (SSSR count). The van der Waals surface area contributed by atoms with Gasteiger partial charge in [-0.05, 0) is 50.1 Å². The highest BCUT2D eigenvalue weighted by molar-refractivity contribution is 6.32. The molecule has 5 heteroatoms. The van der Waals surface area contributed by atoms with E-state index in [-0.39, 0.29) is 17.2 Å². The van der Waals surface area contributed by atoms with Gasteiger partial charge in [0.15, 0.2) is 11.5 Å². The van der Waals surface area contributed by atoms with E-state index in [1.165, 1.54) is 6.07 Å². The van der Waals surface area contributed by atoms with Crippen molar-refractivity contribution in [1.82, 2.24) is 0 Å². The molecule has 1 unspecified atom stereocenters. The Kier molecular flexibility index (Phi) is 7.06. The summed E-state index contributed by atoms with van der Waals surface area (Å²) in [5.74, 6) is 0.523. The molecule has 136 valence electrons. The molecule has 0 saturated heterocycles. The molecule has 0 heterocycles. The van der Waals surface area contributed by atoms with Crippen molar-refractivity contribution in [1.29, 1.82) is 5.26 Å². The molecule has 0 aliphatic rings. The number of hydrogen-bond donors (Lipinski definition) is 0. The van der Waals surface area contributed by atoms with Gasteiger partial charge < -0.3 is 9.47 Å². The molecule has 0 amide bonds. The minimum absolute atomic E-state index is 0.0128. The number of allylic oxidation sites excluding steroid dienone is 1. The topological polar surface area (TPSA) is 42.2 Å². The van der Waals surface area contributed by atoms with Gasteiger partial charge in [-0.15, -0.1) is 0 Å². The van der Waals surface area contributed by atoms with Crippen LogP contribution in [0.15, 0.2) is 36.4 Å². The third kappa shape index (κ3) is 4.77. The van der Waals surface area contributed by atoms with Crippen molar-refractivity contribution in [2.45, 2.75) is 33.3 Å². The normalized spacial score (nSPS) is 12.4. The van der Waals surface area contributed by atoms with Crippen molar-refractivity contribution in [3.8, 4) is 17.6 Å². The molecular formula is C21H21ClFNO2. The van der Waals surface area contributed by atoms with E-state index >= 15 is 0 Å². The van der Waals surface area contributed by atoms with Gasteiger partial charge >= 0.3 is 0 Å². The van der Waals surface area contributed by atoms with Crippen LogP contribution < -0.4 is 9.47 Å². The smallest absolute Gasteiger partial charge is 0.180 e. The first-order chi connectivity index (χ1) is 12.5. The highest BCUT2D eigenvalue weighted by atomic mass is 35.5. The van der Waals surface area contributed by atoms with Gasteiger partial charge in [-0.25, -0.2) is 4.39 Å². The van der Waals surface area contributed by atoms with Gasteiger partial charge in [0, 0.05) is 5.56 Å². The Morgan fingerprint density at radius 1 is 1.31 bits per heavy atom. The predicted octanol–water partition coefficient (Wildman–Crippen LogP) is 6.12. The van der Waals surface area contributed by atoms with Gasteiger partial charge in [-0.2, -0.15) is 5.26 Å². The number of halogens is 2. The van der Waals surface area contributed by atoms with E-state index in [1.807, 2.05) is 26.8 Å². The quantitative estimate of drug-likeness (QED) is 0.433. The SMILES string of the molecule is CCOc1cc(C=C(C#N)c2ccccc2F)cc(Cl)c1OC(C)CC. The van der Waals surface area contributed by atoms with Gasteiger partial charge in [-0.1, -0.05) is 36.7 Å². The molecule has 0 N–H and O–H groups in total. The van der Waals surface area contributed by atoms with Crippen molar-refractivity contribution in [2.75, 3.05) is 6.61 Å². The maximum absolute atomic E-state index is 14.0. The minimum Gasteiger partial charge on any atom is -0.490 e. The standard InChI is InChI=1S/C21H21ClFNO2/c1-4-14(3)26-21-18(22)11-15(12-20(21)25-5-2)10-16(13-24)17-8-6-7-9-19(17)23/h6-12,14H,4-5H2,1-3H3. The van der Waals surface area contributed by atoms with Crippen LogP contribution in [0.3, 0.4) is 0 Å². The van der Waals surface area contributed by atoms with Crippen LogP contribution in [0.4, 0.5) is 4.39 Å². The molecule has 0 spiro atoms. The van der Waals surface area contributed by atoms with Crippen LogP contribution in [0.25, 0.3) is 11.6 Å². The maximum Gasteiger partial charge on any atom is 0.180 e. The zero-order valence-electron chi connectivity index (χ0n) is 15.1. The Bertz CT molecular complexity index is 842. The average Bonchev–Trinajstić information content (AvgIpc) is 2.63. The molecule has 1 atom stereocenters. The van der Waals surface area contributed by atoms with Crippen LogP contribution in [0.2, 0.25) is 5.02 Å². The van der Waals surface area contributed by atoms with E-state index < -0.39 is 5.82 Å². The van der Waals surface area contributed by atoms with Crippen molar-refractivity contribution < 1.29 is 13.9 Å². The molecule has 2 aromatic rings. The van der Waals surface area contributed by atoms with E-state index in [0.717, 1.165) is 6.42 Å². The second-order valence-electron chi connectivity index (χ2n) is 5.75. The molecule has 0 aliphatic heterocycles. The third-order valence-electron chi connectivity index (χ3n) is 3.82. The van der Waals surface area contributed by atoms with Crippen molar-refractivity contribution in [3.05, 3.63) is 58.4 Å². The van der Waals surface area contributed by atoms with Gasteiger partial charge in [0.25, 0.3) is 0 Å². The summed E-state index contributed by atoms with van der Waals surface area (Å²) in [7, 11) is 0. The molecule has 26 heavy (non-hydrogen) atoms. The van der Waals surface area contributed by atoms with Crippen molar-refractivity contribution >= 4 is 23.3 Å². The Hall–Kier alpha value is -2.51. The molecule has 2 aromatic carbocycles. The molecule has 0 radical (unpaired) electrons. The van der Waals surface area contributed by atoms with E-state index in [0.29, 0.717) is 28.7 Å². The molecule has 0 saturated carbocycles. The van der Waals surface area contributed by atoms with E-state index in [4.69, 9.17) is 21.1 Å². The maximum atomic E-state index is 14.0. The Morgan fingerprint density at radius 2 is 2.04 bits per heavy atom. The fourth-order valence-electron chi connectivity index (χ4n) is 2.35. The molecular weight excluding hydrogens is 353 g/mol. The minimum atomic E-state index is -0.451. The first-order valence-electron chi connectivity index (χ1n) is 8.49. The second kappa shape index (κ2) is 9.26. The lowest BCUT2D eigenvalue weighted by molar-refractivity contribution is 0.203. The number of rotatable bonds is 7. The highest BCUT2D eigenvalue weighted by Gasteiger charge is 2.15. The Morgan fingerprint density at radius 3 is 2.65 bits per heavy atom. The summed E-state index contributed by atoms with van der Waals surface area (Å²) in [5.41, 5.74) is 1.08. The van der Waals surface area contributed by atoms with Crippen molar-refractivity contribution in [3.63, 3.8) is 0 Å². The Labute approximate surface area is 158 Å². The molecule has 3 nitrogen and oxygen atoms in total. The largest absolute Gasteiger partial charge is 0.490 e. The second-order valence-corrected chi connectivity index (χ2v) is 6.16.